The summed E-state index contributed by atoms with van der Waals surface area (Å²) in [6, 6.07) is 21.7. The highest BCUT2D eigenvalue weighted by molar-refractivity contribution is 6.00. The zero-order chi connectivity index (χ0) is 13.4. The Morgan fingerprint density at radius 1 is 0.800 bits per heavy atom. The third kappa shape index (κ3) is 1.77. The number of rotatable bonds is 1. The molecule has 0 bridgehead atoms. The van der Waals surface area contributed by atoms with E-state index in [1.54, 1.807) is 0 Å². The molecule has 0 amide bonds. The fourth-order valence-electron chi connectivity index (χ4n) is 3.06. The highest BCUT2D eigenvalue weighted by Crippen LogP contribution is 2.37. The van der Waals surface area contributed by atoms with Gasteiger partial charge in [0.1, 0.15) is 0 Å². The van der Waals surface area contributed by atoms with Gasteiger partial charge in [0.25, 0.3) is 0 Å². The molecule has 0 spiro atoms. The van der Waals surface area contributed by atoms with Gasteiger partial charge in [-0.05, 0) is 39.4 Å². The van der Waals surface area contributed by atoms with Gasteiger partial charge in [0.15, 0.2) is 0 Å². The van der Waals surface area contributed by atoms with Crippen LogP contribution in [0.25, 0.3) is 21.9 Å². The van der Waals surface area contributed by atoms with Crippen LogP contribution in [0.4, 0.5) is 0 Å². The van der Waals surface area contributed by atoms with Gasteiger partial charge in [0, 0.05) is 6.42 Å². The first-order valence-electron chi connectivity index (χ1n) is 7.03. The highest BCUT2D eigenvalue weighted by Gasteiger charge is 2.15. The van der Waals surface area contributed by atoms with Crippen molar-refractivity contribution in [3.05, 3.63) is 90.4 Å². The van der Waals surface area contributed by atoms with Gasteiger partial charge in [-0.15, -0.1) is 0 Å². The third-order valence-corrected chi connectivity index (χ3v) is 3.97. The lowest BCUT2D eigenvalue weighted by Gasteiger charge is -2.19. The average molecular weight is 255 g/mol. The molecule has 0 heteroatoms. The fraction of sp³-hybridized carbons (Fsp3) is 0.0500. The molecule has 0 saturated carbocycles. The molecule has 0 atom stereocenters. The molecule has 3 aromatic carbocycles. The van der Waals surface area contributed by atoms with Gasteiger partial charge in [-0.1, -0.05) is 72.8 Å². The van der Waals surface area contributed by atoms with Crippen molar-refractivity contribution < 1.29 is 0 Å². The lowest BCUT2D eigenvalue weighted by molar-refractivity contribution is 1.20. The summed E-state index contributed by atoms with van der Waals surface area (Å²) < 4.78 is 0. The van der Waals surface area contributed by atoms with E-state index in [9.17, 15) is 0 Å². The van der Waals surface area contributed by atoms with Crippen LogP contribution in [0.1, 0.15) is 11.1 Å². The molecule has 4 rings (SSSR count). The maximum absolute atomic E-state index is 2.33. The Balaban J connectivity index is 2.12. The topological polar surface area (TPSA) is 0 Å². The molecule has 3 aromatic rings. The normalized spacial score (nSPS) is 13.4. The smallest absolute Gasteiger partial charge is 0.0131 e. The van der Waals surface area contributed by atoms with Crippen molar-refractivity contribution in [1.82, 2.24) is 0 Å². The van der Waals surface area contributed by atoms with E-state index in [2.05, 4.69) is 79.2 Å². The summed E-state index contributed by atoms with van der Waals surface area (Å²) in [5.41, 5.74) is 5.46. The first kappa shape index (κ1) is 11.5. The quantitative estimate of drug-likeness (QED) is 0.562. The van der Waals surface area contributed by atoms with E-state index < -0.39 is 0 Å². The molecular formula is C20H15. The first-order valence-corrected chi connectivity index (χ1v) is 7.03. The van der Waals surface area contributed by atoms with Crippen LogP contribution in [-0.4, -0.2) is 0 Å². The summed E-state index contributed by atoms with van der Waals surface area (Å²) in [6.45, 7) is 0. The minimum absolute atomic E-state index is 1.02. The summed E-state index contributed by atoms with van der Waals surface area (Å²) >= 11 is 0. The molecule has 0 nitrogen and oxygen atoms in total. The van der Waals surface area contributed by atoms with Crippen molar-refractivity contribution in [2.75, 3.05) is 0 Å². The second-order valence-corrected chi connectivity index (χ2v) is 5.21. The van der Waals surface area contributed by atoms with E-state index in [1.807, 2.05) is 0 Å². The number of hydrogen-bond donors (Lipinski definition) is 0. The lowest BCUT2D eigenvalue weighted by Crippen LogP contribution is -1.99. The van der Waals surface area contributed by atoms with Crippen LogP contribution < -0.4 is 0 Å². The van der Waals surface area contributed by atoms with Gasteiger partial charge < -0.3 is 0 Å². The molecular weight excluding hydrogens is 240 g/mol. The van der Waals surface area contributed by atoms with E-state index in [0.29, 0.717) is 0 Å². The molecule has 0 N–H and O–H groups in total. The lowest BCUT2D eigenvalue weighted by atomic mass is 9.85. The Morgan fingerprint density at radius 2 is 1.60 bits per heavy atom. The summed E-state index contributed by atoms with van der Waals surface area (Å²) in [6.07, 6.45) is 7.67. The van der Waals surface area contributed by atoms with Crippen molar-refractivity contribution in [3.63, 3.8) is 0 Å². The second kappa shape index (κ2) is 4.64. The summed E-state index contributed by atoms with van der Waals surface area (Å²) in [5, 5.41) is 2.66. The predicted molar refractivity (Wildman–Crippen MR) is 85.6 cm³/mol. The van der Waals surface area contributed by atoms with Crippen LogP contribution in [0.2, 0.25) is 0 Å². The summed E-state index contributed by atoms with van der Waals surface area (Å²) in [7, 11) is 0. The van der Waals surface area contributed by atoms with Crippen LogP contribution in [0, 0.1) is 6.42 Å². The molecule has 20 heavy (non-hydrogen) atoms. The molecule has 0 aromatic heterocycles. The van der Waals surface area contributed by atoms with Gasteiger partial charge in [0.2, 0.25) is 0 Å². The van der Waals surface area contributed by atoms with Gasteiger partial charge in [-0.25, -0.2) is 0 Å². The summed E-state index contributed by atoms with van der Waals surface area (Å²) in [5.74, 6) is 0. The SMILES string of the molecule is [CH]1C=CCc2cc3ccccc3c(-c3ccccc3)c21. The molecule has 0 fully saturated rings. The molecule has 0 unspecified atom stereocenters. The van der Waals surface area contributed by atoms with Crippen LogP contribution >= 0.6 is 0 Å². The highest BCUT2D eigenvalue weighted by atomic mass is 14.2. The molecule has 95 valence electrons. The molecule has 1 radical (unpaired) electrons. The van der Waals surface area contributed by atoms with E-state index in [4.69, 9.17) is 0 Å². The fourth-order valence-corrected chi connectivity index (χ4v) is 3.06. The van der Waals surface area contributed by atoms with E-state index >= 15 is 0 Å². The molecule has 1 aliphatic rings. The Morgan fingerprint density at radius 3 is 2.50 bits per heavy atom. The van der Waals surface area contributed by atoms with E-state index in [-0.39, 0.29) is 0 Å². The largest absolute Gasteiger partial charge is 0.0835 e. The molecule has 0 aliphatic heterocycles. The zero-order valence-corrected chi connectivity index (χ0v) is 11.2. The average Bonchev–Trinajstić information content (AvgIpc) is 2.53. The van der Waals surface area contributed by atoms with Crippen molar-refractivity contribution in [3.8, 4) is 11.1 Å². The van der Waals surface area contributed by atoms with Crippen LogP contribution in [0.15, 0.2) is 72.8 Å². The number of fused-ring (bicyclic) bond motifs is 2. The Labute approximate surface area is 119 Å². The van der Waals surface area contributed by atoms with Crippen molar-refractivity contribution >= 4 is 10.8 Å². The molecule has 0 saturated heterocycles. The van der Waals surface area contributed by atoms with E-state index in [0.717, 1.165) is 6.42 Å². The van der Waals surface area contributed by atoms with Gasteiger partial charge in [-0.2, -0.15) is 0 Å². The van der Waals surface area contributed by atoms with Crippen LogP contribution in [0.3, 0.4) is 0 Å². The summed E-state index contributed by atoms with van der Waals surface area (Å²) in [4.78, 5) is 0. The molecule has 1 aliphatic carbocycles. The maximum Gasteiger partial charge on any atom is 0.0131 e. The number of benzene rings is 3. The Hall–Kier alpha value is -2.34. The second-order valence-electron chi connectivity index (χ2n) is 5.21. The minimum atomic E-state index is 1.02. The third-order valence-electron chi connectivity index (χ3n) is 3.97. The van der Waals surface area contributed by atoms with Crippen LogP contribution in [-0.2, 0) is 6.42 Å². The van der Waals surface area contributed by atoms with E-state index in [1.165, 1.54) is 33.0 Å². The van der Waals surface area contributed by atoms with Crippen molar-refractivity contribution in [2.45, 2.75) is 6.42 Å². The number of allylic oxidation sites excluding steroid dienone is 2. The van der Waals surface area contributed by atoms with Crippen molar-refractivity contribution in [2.24, 2.45) is 0 Å². The predicted octanol–water partition coefficient (Wildman–Crippen LogP) is 5.17. The Kier molecular flexibility index (Phi) is 2.67. The molecule has 0 heterocycles. The monoisotopic (exact) mass is 255 g/mol. The van der Waals surface area contributed by atoms with Crippen LogP contribution in [0.5, 0.6) is 0 Å². The van der Waals surface area contributed by atoms with Gasteiger partial charge in [-0.3, -0.25) is 0 Å². The van der Waals surface area contributed by atoms with Gasteiger partial charge in [0.05, 0.1) is 0 Å². The maximum atomic E-state index is 2.33. The Bertz CT molecular complexity index is 795. The zero-order valence-electron chi connectivity index (χ0n) is 11.2. The van der Waals surface area contributed by atoms with Gasteiger partial charge >= 0.3 is 0 Å². The first-order chi connectivity index (χ1) is 9.93. The number of hydrogen-bond acceptors (Lipinski definition) is 0. The minimum Gasteiger partial charge on any atom is -0.0835 e. The van der Waals surface area contributed by atoms with Crippen molar-refractivity contribution in [1.29, 1.82) is 0 Å². The standard InChI is InChI=1S/C20H15/c1-2-8-15(9-3-1)20-18-12-6-4-10-16(18)14-17-11-5-7-13-19(17)20/h1-10,12-14H,11H2.